The maximum atomic E-state index is 13.2. The molecule has 0 spiro atoms. The molecule has 1 aliphatic heterocycles. The van der Waals surface area contributed by atoms with E-state index < -0.39 is 5.60 Å². The number of benzene rings is 3. The highest BCUT2D eigenvalue weighted by Crippen LogP contribution is 2.39. The Bertz CT molecular complexity index is 1760. The summed E-state index contributed by atoms with van der Waals surface area (Å²) >= 11 is 0. The first-order valence-electron chi connectivity index (χ1n) is 14.4. The molecule has 0 atom stereocenters. The van der Waals surface area contributed by atoms with E-state index in [1.165, 1.54) is 0 Å². The number of hydrogen-bond donors (Lipinski definition) is 1. The number of methoxy groups -OCH3 is 1. The highest BCUT2D eigenvalue weighted by molar-refractivity contribution is 5.97. The third-order valence-corrected chi connectivity index (χ3v) is 7.38. The second kappa shape index (κ2) is 11.3. The zero-order valence-corrected chi connectivity index (χ0v) is 25.2. The van der Waals surface area contributed by atoms with E-state index in [9.17, 15) is 4.79 Å². The van der Waals surface area contributed by atoms with Crippen molar-refractivity contribution >= 4 is 40.0 Å². The Morgan fingerprint density at radius 2 is 1.79 bits per heavy atom. The average molecular weight is 577 g/mol. The molecule has 9 nitrogen and oxygen atoms in total. The van der Waals surface area contributed by atoms with Crippen LogP contribution in [0.25, 0.3) is 16.7 Å². The van der Waals surface area contributed by atoms with Crippen LogP contribution < -0.4 is 19.9 Å². The monoisotopic (exact) mass is 576 g/mol. The molecule has 1 N–H and O–H groups in total. The van der Waals surface area contributed by atoms with E-state index in [4.69, 9.17) is 19.6 Å². The molecule has 1 amide bonds. The summed E-state index contributed by atoms with van der Waals surface area (Å²) in [6.45, 7) is 6.87. The van der Waals surface area contributed by atoms with Crippen molar-refractivity contribution in [2.75, 3.05) is 35.8 Å². The minimum atomic E-state index is -0.589. The Hall–Kier alpha value is -5.05. The summed E-state index contributed by atoms with van der Waals surface area (Å²) in [6, 6.07) is 26.1. The number of amides is 1. The van der Waals surface area contributed by atoms with Gasteiger partial charge in [0.2, 0.25) is 0 Å². The molecule has 0 radical (unpaired) electrons. The lowest BCUT2D eigenvalue weighted by Crippen LogP contribution is -2.36. The van der Waals surface area contributed by atoms with Crippen molar-refractivity contribution in [2.45, 2.75) is 39.3 Å². The van der Waals surface area contributed by atoms with Gasteiger partial charge in [0.25, 0.3) is 0 Å². The van der Waals surface area contributed by atoms with Crippen molar-refractivity contribution in [1.82, 2.24) is 14.8 Å². The Labute approximate surface area is 251 Å². The number of rotatable bonds is 7. The molecular formula is C34H36N6O3. The fourth-order valence-electron chi connectivity index (χ4n) is 5.41. The van der Waals surface area contributed by atoms with Crippen molar-refractivity contribution in [3.8, 4) is 11.4 Å². The number of nitrogens with one attached hydrogen (secondary N) is 1. The van der Waals surface area contributed by atoms with E-state index in [-0.39, 0.29) is 6.09 Å². The highest BCUT2D eigenvalue weighted by Gasteiger charge is 2.31. The van der Waals surface area contributed by atoms with Gasteiger partial charge in [0.1, 0.15) is 17.2 Å². The molecule has 6 rings (SSSR count). The highest BCUT2D eigenvalue weighted by atomic mass is 16.6. The first-order valence-corrected chi connectivity index (χ1v) is 14.4. The second-order valence-electron chi connectivity index (χ2n) is 11.7. The van der Waals surface area contributed by atoms with E-state index >= 15 is 0 Å². The fraction of sp³-hybridized carbons (Fsp3) is 0.265. The molecule has 0 bridgehead atoms. The third-order valence-electron chi connectivity index (χ3n) is 7.38. The van der Waals surface area contributed by atoms with Gasteiger partial charge in [-0.1, -0.05) is 42.5 Å². The smallest absolute Gasteiger partial charge is 0.414 e. The predicted molar refractivity (Wildman–Crippen MR) is 171 cm³/mol. The van der Waals surface area contributed by atoms with Crippen molar-refractivity contribution < 1.29 is 14.3 Å². The molecule has 0 aliphatic carbocycles. The van der Waals surface area contributed by atoms with Gasteiger partial charge >= 0.3 is 6.09 Å². The number of para-hydroxylation sites is 2. The Morgan fingerprint density at radius 1 is 1.02 bits per heavy atom. The molecule has 0 unspecified atom stereocenters. The molecule has 3 aromatic carbocycles. The van der Waals surface area contributed by atoms with Gasteiger partial charge in [-0.3, -0.25) is 4.90 Å². The summed E-state index contributed by atoms with van der Waals surface area (Å²) in [5, 5.41) is 9.20. The van der Waals surface area contributed by atoms with Crippen molar-refractivity contribution in [3.05, 3.63) is 96.2 Å². The summed E-state index contributed by atoms with van der Waals surface area (Å²) in [5.41, 5.74) is 5.88. The SMILES string of the molecule is COc1ccc(CN(C)c2cc(Nc3cccc4c3N(C(=O)OC(C)(C)C)CC4)nc3c2cnn3-c2ccccc2)cc1. The van der Waals surface area contributed by atoms with E-state index in [1.807, 2.05) is 92.3 Å². The van der Waals surface area contributed by atoms with Gasteiger partial charge in [-0.05, 0) is 68.7 Å². The number of aromatic nitrogens is 3. The van der Waals surface area contributed by atoms with Gasteiger partial charge in [-0.25, -0.2) is 14.5 Å². The van der Waals surface area contributed by atoms with Crippen LogP contribution in [-0.4, -0.2) is 47.2 Å². The van der Waals surface area contributed by atoms with Crippen LogP contribution >= 0.6 is 0 Å². The first-order chi connectivity index (χ1) is 20.7. The Balaban J connectivity index is 1.41. The van der Waals surface area contributed by atoms with Crippen LogP contribution in [0.4, 0.5) is 27.7 Å². The maximum Gasteiger partial charge on any atom is 0.414 e. The normalized spacial score (nSPS) is 12.7. The van der Waals surface area contributed by atoms with Crippen LogP contribution in [-0.2, 0) is 17.7 Å². The number of ether oxygens (including phenoxy) is 2. The molecule has 5 aromatic rings. The van der Waals surface area contributed by atoms with Gasteiger partial charge < -0.3 is 19.7 Å². The molecule has 1 aliphatic rings. The summed E-state index contributed by atoms with van der Waals surface area (Å²) in [4.78, 5) is 22.1. The number of nitrogens with zero attached hydrogens (tertiary/aromatic N) is 5. The van der Waals surface area contributed by atoms with E-state index in [0.29, 0.717) is 18.9 Å². The summed E-state index contributed by atoms with van der Waals surface area (Å²) in [6.07, 6.45) is 2.27. The third kappa shape index (κ3) is 5.83. The molecule has 0 saturated heterocycles. The largest absolute Gasteiger partial charge is 0.497 e. The molecule has 220 valence electrons. The van der Waals surface area contributed by atoms with Crippen LogP contribution in [0.5, 0.6) is 5.75 Å². The molecule has 0 fully saturated rings. The lowest BCUT2D eigenvalue weighted by Gasteiger charge is -2.26. The predicted octanol–water partition coefficient (Wildman–Crippen LogP) is 7.11. The minimum Gasteiger partial charge on any atom is -0.497 e. The number of carbonyl (C=O) groups is 1. The lowest BCUT2D eigenvalue weighted by atomic mass is 10.1. The van der Waals surface area contributed by atoms with Gasteiger partial charge in [0.15, 0.2) is 5.65 Å². The molecule has 2 aromatic heterocycles. The zero-order valence-electron chi connectivity index (χ0n) is 25.2. The van der Waals surface area contributed by atoms with Gasteiger partial charge in [0, 0.05) is 26.2 Å². The van der Waals surface area contributed by atoms with Gasteiger partial charge in [-0.15, -0.1) is 0 Å². The summed E-state index contributed by atoms with van der Waals surface area (Å²) < 4.78 is 12.9. The second-order valence-corrected chi connectivity index (χ2v) is 11.7. The molecule has 3 heterocycles. The maximum absolute atomic E-state index is 13.2. The quantitative estimate of drug-likeness (QED) is 0.221. The van der Waals surface area contributed by atoms with Crippen molar-refractivity contribution in [2.24, 2.45) is 0 Å². The van der Waals surface area contributed by atoms with Gasteiger partial charge in [-0.2, -0.15) is 5.10 Å². The van der Waals surface area contributed by atoms with Gasteiger partial charge in [0.05, 0.1) is 41.4 Å². The Kier molecular flexibility index (Phi) is 7.39. The van der Waals surface area contributed by atoms with E-state index in [1.54, 1.807) is 12.0 Å². The standard InChI is InChI=1S/C34H36N6O3/c1-34(2,3)43-33(41)39-19-18-24-10-9-13-28(31(24)39)36-30-20-29(38(4)22-23-14-16-26(42-5)17-15-23)27-21-35-40(32(27)37-30)25-11-7-6-8-12-25/h6-17,20-21H,18-19,22H2,1-5H3,(H,36,37). The number of carbonyl (C=O) groups excluding carboxylic acids is 1. The van der Waals surface area contributed by atoms with Crippen molar-refractivity contribution in [1.29, 1.82) is 0 Å². The molecule has 43 heavy (non-hydrogen) atoms. The zero-order chi connectivity index (χ0) is 30.1. The molecular weight excluding hydrogens is 540 g/mol. The summed E-state index contributed by atoms with van der Waals surface area (Å²) in [5.74, 6) is 1.47. The van der Waals surface area contributed by atoms with Crippen molar-refractivity contribution in [3.63, 3.8) is 0 Å². The number of hydrogen-bond acceptors (Lipinski definition) is 7. The topological polar surface area (TPSA) is 84.8 Å². The van der Waals surface area contributed by atoms with E-state index in [0.717, 1.165) is 57.1 Å². The van der Waals surface area contributed by atoms with Crippen LogP contribution in [0, 0.1) is 0 Å². The van der Waals surface area contributed by atoms with Crippen LogP contribution in [0.15, 0.2) is 85.1 Å². The van der Waals surface area contributed by atoms with E-state index in [2.05, 4.69) is 35.5 Å². The fourth-order valence-corrected chi connectivity index (χ4v) is 5.41. The Morgan fingerprint density at radius 3 is 2.51 bits per heavy atom. The number of pyridine rings is 1. The minimum absolute atomic E-state index is 0.356. The first kappa shape index (κ1) is 28.1. The average Bonchev–Trinajstić information content (AvgIpc) is 3.62. The van der Waals surface area contributed by atoms with Crippen LogP contribution in [0.2, 0.25) is 0 Å². The number of fused-ring (bicyclic) bond motifs is 2. The van der Waals surface area contributed by atoms with Crippen LogP contribution in [0.3, 0.4) is 0 Å². The molecule has 9 heteroatoms. The van der Waals surface area contributed by atoms with Crippen LogP contribution in [0.1, 0.15) is 31.9 Å². The summed E-state index contributed by atoms with van der Waals surface area (Å²) in [7, 11) is 3.73. The lowest BCUT2D eigenvalue weighted by molar-refractivity contribution is 0.0584. The molecule has 0 saturated carbocycles. The number of anilines is 4.